The van der Waals surface area contributed by atoms with Crippen LogP contribution in [0.5, 0.6) is 5.75 Å². The summed E-state index contributed by atoms with van der Waals surface area (Å²) in [5.41, 5.74) is 1.50. The quantitative estimate of drug-likeness (QED) is 0.454. The summed E-state index contributed by atoms with van der Waals surface area (Å²) in [7, 11) is 0. The van der Waals surface area contributed by atoms with Gasteiger partial charge in [0, 0.05) is 34.9 Å². The number of hydrogen-bond donors (Lipinski definition) is 1. The first kappa shape index (κ1) is 24.1. The molecule has 2 aliphatic rings. The first-order valence-corrected chi connectivity index (χ1v) is 13.1. The van der Waals surface area contributed by atoms with Crippen molar-refractivity contribution in [3.63, 3.8) is 0 Å². The molecule has 2 unspecified atom stereocenters. The molecule has 1 N–H and O–H groups in total. The number of amides is 1. The van der Waals surface area contributed by atoms with Crippen molar-refractivity contribution in [3.8, 4) is 5.75 Å². The van der Waals surface area contributed by atoms with Crippen LogP contribution in [0.3, 0.4) is 0 Å². The smallest absolute Gasteiger partial charge is 0.340 e. The van der Waals surface area contributed by atoms with E-state index in [1.54, 1.807) is 6.07 Å². The van der Waals surface area contributed by atoms with Gasteiger partial charge in [0.25, 0.3) is 0 Å². The molecule has 6 nitrogen and oxygen atoms in total. The van der Waals surface area contributed by atoms with Crippen LogP contribution in [0.15, 0.2) is 56.1 Å². The summed E-state index contributed by atoms with van der Waals surface area (Å²) < 4.78 is 12.5. The van der Waals surface area contributed by atoms with Crippen LogP contribution in [-0.2, 0) is 17.8 Å². The molecule has 3 aromatic rings. The van der Waals surface area contributed by atoms with E-state index in [2.05, 4.69) is 15.9 Å². The van der Waals surface area contributed by atoms with Crippen LogP contribution in [0, 0.1) is 12.8 Å². The molecule has 7 heteroatoms. The number of benzene rings is 2. The molecule has 0 spiro atoms. The minimum absolute atomic E-state index is 0.0103. The normalized spacial score (nSPS) is 22.1. The summed E-state index contributed by atoms with van der Waals surface area (Å²) in [6.45, 7) is 3.35. The minimum Gasteiger partial charge on any atom is -0.489 e. The Morgan fingerprint density at radius 1 is 1.23 bits per heavy atom. The third-order valence-electron chi connectivity index (χ3n) is 7.66. The van der Waals surface area contributed by atoms with E-state index in [0.29, 0.717) is 43.0 Å². The van der Waals surface area contributed by atoms with Gasteiger partial charge in [-0.15, -0.1) is 0 Å². The highest BCUT2D eigenvalue weighted by Crippen LogP contribution is 2.40. The van der Waals surface area contributed by atoms with Gasteiger partial charge in [0.05, 0.1) is 17.6 Å². The van der Waals surface area contributed by atoms with Crippen LogP contribution in [0.25, 0.3) is 11.0 Å². The van der Waals surface area contributed by atoms with E-state index in [1.807, 2.05) is 48.2 Å². The first-order chi connectivity index (χ1) is 16.8. The predicted molar refractivity (Wildman–Crippen MR) is 138 cm³/mol. The highest BCUT2D eigenvalue weighted by atomic mass is 79.9. The average molecular weight is 540 g/mol. The Labute approximate surface area is 213 Å². The molecular weight excluding hydrogens is 510 g/mol. The van der Waals surface area contributed by atoms with E-state index < -0.39 is 11.2 Å². The van der Waals surface area contributed by atoms with E-state index in [9.17, 15) is 14.7 Å². The van der Waals surface area contributed by atoms with E-state index in [0.717, 1.165) is 46.7 Å². The van der Waals surface area contributed by atoms with Crippen molar-refractivity contribution in [1.29, 1.82) is 0 Å². The third-order valence-corrected chi connectivity index (χ3v) is 8.15. The minimum atomic E-state index is -0.635. The standard InChI is InChI=1S/C28H30BrNO5/c1-18-23-9-8-22(34-17-19-5-4-7-21(29)13-19)14-25(23)35-27(32)24(18)15-26(31)30-12-11-28(33)10-3-2-6-20(28)16-30/h4-5,7-9,13-14,20,33H,2-3,6,10-12,15-17H2,1H3. The lowest BCUT2D eigenvalue weighted by Gasteiger charge is -2.47. The van der Waals surface area contributed by atoms with Gasteiger partial charge < -0.3 is 19.2 Å². The number of fused-ring (bicyclic) bond motifs is 2. The molecule has 2 heterocycles. The maximum Gasteiger partial charge on any atom is 0.340 e. The van der Waals surface area contributed by atoms with Crippen LogP contribution < -0.4 is 10.4 Å². The van der Waals surface area contributed by atoms with Crippen molar-refractivity contribution in [2.75, 3.05) is 13.1 Å². The second-order valence-electron chi connectivity index (χ2n) is 9.88. The molecule has 1 amide bonds. The average Bonchev–Trinajstić information content (AvgIpc) is 2.84. The number of hydrogen-bond acceptors (Lipinski definition) is 5. The van der Waals surface area contributed by atoms with Gasteiger partial charge in [0.1, 0.15) is 17.9 Å². The summed E-state index contributed by atoms with van der Waals surface area (Å²) in [6, 6.07) is 13.3. The lowest BCUT2D eigenvalue weighted by Crippen LogP contribution is -2.55. The van der Waals surface area contributed by atoms with Gasteiger partial charge in [-0.3, -0.25) is 4.79 Å². The lowest BCUT2D eigenvalue weighted by atomic mass is 9.71. The summed E-state index contributed by atoms with van der Waals surface area (Å²) in [4.78, 5) is 27.8. The number of aliphatic hydroxyl groups is 1. The summed E-state index contributed by atoms with van der Waals surface area (Å²) in [5, 5.41) is 11.7. The third kappa shape index (κ3) is 5.02. The number of likely N-dealkylation sites (tertiary alicyclic amines) is 1. The molecular formula is C28H30BrNO5. The van der Waals surface area contributed by atoms with Crippen molar-refractivity contribution in [2.24, 2.45) is 5.92 Å². The second kappa shape index (κ2) is 9.78. The van der Waals surface area contributed by atoms with Crippen LogP contribution in [0.2, 0.25) is 0 Å². The molecule has 2 atom stereocenters. The van der Waals surface area contributed by atoms with Gasteiger partial charge in [-0.2, -0.15) is 0 Å². The van der Waals surface area contributed by atoms with Gasteiger partial charge in [0.15, 0.2) is 0 Å². The fraction of sp³-hybridized carbons (Fsp3) is 0.429. The van der Waals surface area contributed by atoms with Gasteiger partial charge in [-0.1, -0.05) is 40.9 Å². The molecule has 1 aliphatic heterocycles. The summed E-state index contributed by atoms with van der Waals surface area (Å²) >= 11 is 3.46. The number of aryl methyl sites for hydroxylation is 1. The zero-order valence-corrected chi connectivity index (χ0v) is 21.5. The number of rotatable bonds is 5. The largest absolute Gasteiger partial charge is 0.489 e. The second-order valence-corrected chi connectivity index (χ2v) is 10.8. The molecule has 2 fully saturated rings. The fourth-order valence-corrected chi connectivity index (χ4v) is 5.97. The zero-order chi connectivity index (χ0) is 24.6. The predicted octanol–water partition coefficient (Wildman–Crippen LogP) is 5.14. The number of carbonyl (C=O) groups is 1. The fourth-order valence-electron chi connectivity index (χ4n) is 5.52. The monoisotopic (exact) mass is 539 g/mol. The molecule has 2 aromatic carbocycles. The zero-order valence-electron chi connectivity index (χ0n) is 19.9. The van der Waals surface area contributed by atoms with Crippen molar-refractivity contribution >= 4 is 32.8 Å². The Morgan fingerprint density at radius 2 is 2.09 bits per heavy atom. The molecule has 1 aliphatic carbocycles. The number of halogens is 1. The van der Waals surface area contributed by atoms with Gasteiger partial charge in [-0.25, -0.2) is 4.79 Å². The van der Waals surface area contributed by atoms with Crippen LogP contribution in [0.4, 0.5) is 0 Å². The molecule has 1 saturated heterocycles. The van der Waals surface area contributed by atoms with Crippen LogP contribution >= 0.6 is 15.9 Å². The van der Waals surface area contributed by atoms with Crippen molar-refractivity contribution in [3.05, 3.63) is 74.0 Å². The highest BCUT2D eigenvalue weighted by molar-refractivity contribution is 9.10. The van der Waals surface area contributed by atoms with Crippen LogP contribution in [0.1, 0.15) is 48.8 Å². The Balaban J connectivity index is 1.31. The van der Waals surface area contributed by atoms with Crippen molar-refractivity contribution in [1.82, 2.24) is 4.90 Å². The van der Waals surface area contributed by atoms with Gasteiger partial charge >= 0.3 is 5.63 Å². The molecule has 184 valence electrons. The molecule has 0 bridgehead atoms. The molecule has 35 heavy (non-hydrogen) atoms. The van der Waals surface area contributed by atoms with Gasteiger partial charge in [0.2, 0.25) is 5.91 Å². The van der Waals surface area contributed by atoms with Gasteiger partial charge in [-0.05, 0) is 61.6 Å². The van der Waals surface area contributed by atoms with E-state index in [4.69, 9.17) is 9.15 Å². The number of nitrogens with zero attached hydrogens (tertiary/aromatic N) is 1. The number of carbonyl (C=O) groups excluding carboxylic acids is 1. The molecule has 5 rings (SSSR count). The topological polar surface area (TPSA) is 80.0 Å². The summed E-state index contributed by atoms with van der Waals surface area (Å²) in [5.74, 6) is 0.650. The van der Waals surface area contributed by atoms with E-state index in [1.165, 1.54) is 0 Å². The lowest BCUT2D eigenvalue weighted by molar-refractivity contribution is -0.142. The molecule has 1 aromatic heterocycles. The maximum atomic E-state index is 13.1. The Morgan fingerprint density at radius 3 is 2.91 bits per heavy atom. The maximum absolute atomic E-state index is 13.1. The SMILES string of the molecule is Cc1c(CC(=O)N2CCC3(O)CCCCC3C2)c(=O)oc2cc(OCc3cccc(Br)c3)ccc12. The van der Waals surface area contributed by atoms with E-state index in [-0.39, 0.29) is 18.2 Å². The highest BCUT2D eigenvalue weighted by Gasteiger charge is 2.43. The van der Waals surface area contributed by atoms with E-state index >= 15 is 0 Å². The van der Waals surface area contributed by atoms with Crippen molar-refractivity contribution < 1.29 is 19.1 Å². The number of piperidine rings is 1. The Kier molecular flexibility index (Phi) is 6.73. The Hall–Kier alpha value is -2.64. The van der Waals surface area contributed by atoms with Crippen LogP contribution in [-0.4, -0.2) is 34.6 Å². The summed E-state index contributed by atoms with van der Waals surface area (Å²) in [6.07, 6.45) is 4.53. The first-order valence-electron chi connectivity index (χ1n) is 12.3. The number of ether oxygens (including phenoxy) is 1. The Bertz CT molecular complexity index is 1320. The molecule has 0 radical (unpaired) electrons. The molecule has 1 saturated carbocycles. The van der Waals surface area contributed by atoms with Crippen molar-refractivity contribution in [2.45, 2.75) is 57.7 Å².